The third-order valence-electron chi connectivity index (χ3n) is 3.23. The number of aliphatic carboxylic acids is 1. The maximum absolute atomic E-state index is 11.9. The van der Waals surface area contributed by atoms with Gasteiger partial charge in [-0.05, 0) is 17.7 Å². The predicted octanol–water partition coefficient (Wildman–Crippen LogP) is 2.50. The Morgan fingerprint density at radius 3 is 2.84 bits per heavy atom. The molecule has 0 bridgehead atoms. The van der Waals surface area contributed by atoms with Crippen molar-refractivity contribution in [1.82, 2.24) is 4.90 Å². The summed E-state index contributed by atoms with van der Waals surface area (Å²) in [6.45, 7) is 4.04. The highest BCUT2D eigenvalue weighted by Gasteiger charge is 2.37. The van der Waals surface area contributed by atoms with Gasteiger partial charge in [-0.25, -0.2) is 4.79 Å². The van der Waals surface area contributed by atoms with E-state index in [-0.39, 0.29) is 11.8 Å². The number of likely N-dealkylation sites (tertiary alicyclic amines) is 1. The molecule has 4 nitrogen and oxygen atoms in total. The molecule has 2 rings (SSSR count). The summed E-state index contributed by atoms with van der Waals surface area (Å²) in [7, 11) is 0. The van der Waals surface area contributed by atoms with E-state index in [2.05, 4.69) is 6.58 Å². The van der Waals surface area contributed by atoms with Gasteiger partial charge in [-0.15, -0.1) is 6.58 Å². The van der Waals surface area contributed by atoms with Crippen LogP contribution < -0.4 is 0 Å². The van der Waals surface area contributed by atoms with Crippen molar-refractivity contribution in [3.63, 3.8) is 0 Å². The van der Waals surface area contributed by atoms with Gasteiger partial charge in [0.1, 0.15) is 0 Å². The van der Waals surface area contributed by atoms with E-state index in [1.807, 2.05) is 0 Å². The molecule has 1 amide bonds. The molecule has 2 unspecified atom stereocenters. The van der Waals surface area contributed by atoms with Crippen molar-refractivity contribution in [2.75, 3.05) is 6.54 Å². The van der Waals surface area contributed by atoms with Gasteiger partial charge in [0.25, 0.3) is 0 Å². The summed E-state index contributed by atoms with van der Waals surface area (Å²) in [5.74, 6) is -1.22. The zero-order chi connectivity index (χ0) is 14.0. The molecule has 1 N–H and O–H groups in total. The Bertz CT molecular complexity index is 529. The highest BCUT2D eigenvalue weighted by Crippen LogP contribution is 2.30. The predicted molar refractivity (Wildman–Crippen MR) is 71.8 cm³/mol. The summed E-state index contributed by atoms with van der Waals surface area (Å²) < 4.78 is 0. The van der Waals surface area contributed by atoms with Gasteiger partial charge < -0.3 is 10.0 Å². The molecule has 1 heterocycles. The average Bonchev–Trinajstić information content (AvgIpc) is 2.71. The van der Waals surface area contributed by atoms with E-state index in [4.69, 9.17) is 11.6 Å². The summed E-state index contributed by atoms with van der Waals surface area (Å²) in [5, 5.41) is 9.85. The van der Waals surface area contributed by atoms with Crippen molar-refractivity contribution in [3.8, 4) is 0 Å². The minimum Gasteiger partial charge on any atom is -0.479 e. The van der Waals surface area contributed by atoms with Crippen LogP contribution in [0.1, 0.15) is 18.0 Å². The molecular formula is C14H14ClNO3. The second-order valence-electron chi connectivity index (χ2n) is 4.54. The van der Waals surface area contributed by atoms with Crippen LogP contribution in [0.5, 0.6) is 0 Å². The number of carboxylic acid groups (broad SMARTS) is 1. The van der Waals surface area contributed by atoms with Crippen LogP contribution in [-0.4, -0.2) is 28.4 Å². The number of carboxylic acids is 1. The van der Waals surface area contributed by atoms with E-state index in [1.165, 1.54) is 4.90 Å². The Morgan fingerprint density at radius 2 is 2.32 bits per heavy atom. The van der Waals surface area contributed by atoms with Gasteiger partial charge in [-0.2, -0.15) is 0 Å². The van der Waals surface area contributed by atoms with Gasteiger partial charge in [0, 0.05) is 23.9 Å². The minimum absolute atomic E-state index is 0.00790. The van der Waals surface area contributed by atoms with Gasteiger partial charge in [0.15, 0.2) is 6.04 Å². The van der Waals surface area contributed by atoms with Crippen molar-refractivity contribution >= 4 is 23.5 Å². The Morgan fingerprint density at radius 1 is 1.58 bits per heavy atom. The molecule has 1 fully saturated rings. The normalized spacial score (nSPS) is 20.4. The van der Waals surface area contributed by atoms with E-state index >= 15 is 0 Å². The fraction of sp³-hybridized carbons (Fsp3) is 0.286. The monoisotopic (exact) mass is 279 g/mol. The first-order valence-corrected chi connectivity index (χ1v) is 6.31. The van der Waals surface area contributed by atoms with Crippen LogP contribution in [0.3, 0.4) is 0 Å². The largest absolute Gasteiger partial charge is 0.479 e. The molecule has 1 aromatic carbocycles. The van der Waals surface area contributed by atoms with Crippen molar-refractivity contribution in [3.05, 3.63) is 47.5 Å². The summed E-state index contributed by atoms with van der Waals surface area (Å²) in [5.41, 5.74) is 0.512. The molecular weight excluding hydrogens is 266 g/mol. The molecule has 1 aromatic rings. The molecule has 0 spiro atoms. The molecule has 0 aliphatic carbocycles. The van der Waals surface area contributed by atoms with Crippen LogP contribution in [0, 0.1) is 5.92 Å². The number of hydrogen-bond acceptors (Lipinski definition) is 2. The lowest BCUT2D eigenvalue weighted by molar-refractivity contribution is -0.148. The average molecular weight is 280 g/mol. The van der Waals surface area contributed by atoms with Gasteiger partial charge in [-0.3, -0.25) is 4.79 Å². The van der Waals surface area contributed by atoms with Crippen molar-refractivity contribution in [2.45, 2.75) is 12.5 Å². The molecule has 0 radical (unpaired) electrons. The van der Waals surface area contributed by atoms with E-state index in [9.17, 15) is 14.7 Å². The number of rotatable bonds is 4. The molecule has 100 valence electrons. The van der Waals surface area contributed by atoms with Crippen molar-refractivity contribution in [1.29, 1.82) is 0 Å². The summed E-state index contributed by atoms with van der Waals surface area (Å²) in [4.78, 5) is 24.8. The fourth-order valence-electron chi connectivity index (χ4n) is 2.30. The van der Waals surface area contributed by atoms with Crippen LogP contribution in [0.25, 0.3) is 0 Å². The topological polar surface area (TPSA) is 57.6 Å². The second kappa shape index (κ2) is 5.45. The van der Waals surface area contributed by atoms with E-state index < -0.39 is 12.0 Å². The first-order chi connectivity index (χ1) is 9.02. The molecule has 1 aliphatic heterocycles. The number of hydrogen-bond donors (Lipinski definition) is 1. The summed E-state index contributed by atoms with van der Waals surface area (Å²) in [6.07, 6.45) is 2.00. The number of benzene rings is 1. The molecule has 0 aromatic heterocycles. The first kappa shape index (κ1) is 13.6. The van der Waals surface area contributed by atoms with E-state index in [1.54, 1.807) is 30.3 Å². The lowest BCUT2D eigenvalue weighted by Crippen LogP contribution is -2.35. The molecule has 0 saturated carbocycles. The summed E-state index contributed by atoms with van der Waals surface area (Å²) in [6, 6.07) is 5.60. The van der Waals surface area contributed by atoms with Gasteiger partial charge in [0.05, 0.1) is 0 Å². The Balaban J connectivity index is 2.34. The second-order valence-corrected chi connectivity index (χ2v) is 4.98. The third kappa shape index (κ3) is 2.79. The third-order valence-corrected chi connectivity index (χ3v) is 3.47. The Kier molecular flexibility index (Phi) is 3.90. The molecule has 5 heteroatoms. The molecule has 19 heavy (non-hydrogen) atoms. The van der Waals surface area contributed by atoms with Gasteiger partial charge in [0.2, 0.25) is 5.91 Å². The molecule has 1 saturated heterocycles. The first-order valence-electron chi connectivity index (χ1n) is 5.93. The lowest BCUT2D eigenvalue weighted by Gasteiger charge is -2.25. The van der Waals surface area contributed by atoms with Crippen LogP contribution in [-0.2, 0) is 9.59 Å². The highest BCUT2D eigenvalue weighted by molar-refractivity contribution is 6.30. The quantitative estimate of drug-likeness (QED) is 0.862. The SMILES string of the molecule is C=CC1CC(=O)N(C(C(=O)O)c2cccc(Cl)c2)C1. The van der Waals surface area contributed by atoms with Crippen LogP contribution >= 0.6 is 11.6 Å². The Labute approximate surface area is 116 Å². The smallest absolute Gasteiger partial charge is 0.331 e. The number of nitrogens with zero attached hydrogens (tertiary/aromatic N) is 1. The van der Waals surface area contributed by atoms with Crippen molar-refractivity contribution < 1.29 is 14.7 Å². The molecule has 1 aliphatic rings. The van der Waals surface area contributed by atoms with E-state index in [0.29, 0.717) is 23.6 Å². The molecule has 2 atom stereocenters. The van der Waals surface area contributed by atoms with Crippen LogP contribution in [0.15, 0.2) is 36.9 Å². The van der Waals surface area contributed by atoms with Crippen molar-refractivity contribution in [2.24, 2.45) is 5.92 Å². The number of carbonyl (C=O) groups excluding carboxylic acids is 1. The highest BCUT2D eigenvalue weighted by atomic mass is 35.5. The maximum atomic E-state index is 11.9. The summed E-state index contributed by atoms with van der Waals surface area (Å²) >= 11 is 5.88. The lowest BCUT2D eigenvalue weighted by atomic mass is 10.1. The zero-order valence-corrected chi connectivity index (χ0v) is 11.0. The van der Waals surface area contributed by atoms with Gasteiger partial charge >= 0.3 is 5.97 Å². The number of carbonyl (C=O) groups is 2. The standard InChI is InChI=1S/C14H14ClNO3/c1-2-9-6-12(17)16(8-9)13(14(18)19)10-4-3-5-11(15)7-10/h2-5,7,9,13H,1,6,8H2,(H,18,19). The zero-order valence-electron chi connectivity index (χ0n) is 10.3. The Hall–Kier alpha value is -1.81. The van der Waals surface area contributed by atoms with E-state index in [0.717, 1.165) is 0 Å². The number of amides is 1. The fourth-order valence-corrected chi connectivity index (χ4v) is 2.50. The maximum Gasteiger partial charge on any atom is 0.331 e. The van der Waals surface area contributed by atoms with Gasteiger partial charge in [-0.1, -0.05) is 29.8 Å². The van der Waals surface area contributed by atoms with Crippen LogP contribution in [0.4, 0.5) is 0 Å². The van der Waals surface area contributed by atoms with Crippen LogP contribution in [0.2, 0.25) is 5.02 Å². The number of halogens is 1. The minimum atomic E-state index is -1.06.